The van der Waals surface area contributed by atoms with Gasteiger partial charge in [-0.1, -0.05) is 70.7 Å². The lowest BCUT2D eigenvalue weighted by atomic mass is 10.1. The average molecular weight is 451 g/mol. The number of hydrogen-bond acceptors (Lipinski definition) is 4. The Kier molecular flexibility index (Phi) is 7.23. The first-order valence-corrected chi connectivity index (χ1v) is 9.20. The maximum Gasteiger partial charge on any atom is 0.348 e. The third-order valence-electron chi connectivity index (χ3n) is 3.51. The molecule has 0 radical (unpaired) electrons. The summed E-state index contributed by atoms with van der Waals surface area (Å²) in [6.45, 7) is 1.23. The predicted molar refractivity (Wildman–Crippen MR) is 108 cm³/mol. The summed E-state index contributed by atoms with van der Waals surface area (Å²) in [4.78, 5) is 23.5. The second-order valence-corrected chi connectivity index (χ2v) is 8.30. The summed E-state index contributed by atoms with van der Waals surface area (Å²) in [5.74, 6) is -2.24. The Balaban J connectivity index is 2.21. The Morgan fingerprint density at radius 2 is 1.70 bits per heavy atom. The van der Waals surface area contributed by atoms with E-state index in [9.17, 15) is 9.59 Å². The molecule has 0 bridgehead atoms. The lowest BCUT2D eigenvalue weighted by molar-refractivity contribution is -0.164. The first-order valence-electron chi connectivity index (χ1n) is 7.68. The Labute approximate surface area is 176 Å². The van der Waals surface area contributed by atoms with Crippen molar-refractivity contribution >= 4 is 69.7 Å². The van der Waals surface area contributed by atoms with Crippen molar-refractivity contribution in [1.29, 1.82) is 0 Å². The van der Waals surface area contributed by atoms with Crippen molar-refractivity contribution in [2.45, 2.75) is 23.8 Å². The molecule has 0 aliphatic carbocycles. The van der Waals surface area contributed by atoms with E-state index in [2.05, 4.69) is 5.32 Å². The average Bonchev–Trinajstić information content (AvgIpc) is 2.56. The lowest BCUT2D eigenvalue weighted by Crippen LogP contribution is -2.40. The number of carbonyl (C=O) groups is 2. The van der Waals surface area contributed by atoms with Crippen LogP contribution in [0, 0.1) is 0 Å². The van der Waals surface area contributed by atoms with Crippen LogP contribution in [0.15, 0.2) is 42.5 Å². The third kappa shape index (κ3) is 5.91. The molecule has 27 heavy (non-hydrogen) atoms. The molecule has 2 aromatic carbocycles. The van der Waals surface area contributed by atoms with Crippen LogP contribution in [-0.2, 0) is 20.7 Å². The van der Waals surface area contributed by atoms with Gasteiger partial charge in [0.05, 0.1) is 22.2 Å². The number of esters is 1. The van der Waals surface area contributed by atoms with E-state index < -0.39 is 22.4 Å². The number of nitrogens with one attached hydrogen (secondary N) is 1. The highest BCUT2D eigenvalue weighted by molar-refractivity contribution is 6.49. The molecule has 0 fully saturated rings. The minimum atomic E-state index is -1.77. The Morgan fingerprint density at radius 3 is 2.26 bits per heavy atom. The van der Waals surface area contributed by atoms with E-state index in [4.69, 9.17) is 56.2 Å². The molecule has 0 amide bonds. The molecule has 1 unspecified atom stereocenters. The summed E-state index contributed by atoms with van der Waals surface area (Å²) in [6.07, 6.45) is -1.91. The quantitative estimate of drug-likeness (QED) is 0.432. The molecule has 5 nitrogen and oxygen atoms in total. The van der Waals surface area contributed by atoms with Crippen LogP contribution in [0.25, 0.3) is 0 Å². The summed E-state index contributed by atoms with van der Waals surface area (Å²) in [7, 11) is 0. The third-order valence-corrected chi connectivity index (χ3v) is 4.53. The van der Waals surface area contributed by atoms with Gasteiger partial charge in [0.25, 0.3) is 0 Å². The minimum Gasteiger partial charge on any atom is -0.478 e. The zero-order chi connectivity index (χ0) is 20.2. The zero-order valence-electron chi connectivity index (χ0n) is 14.0. The van der Waals surface area contributed by atoms with Gasteiger partial charge in [0.15, 0.2) is 4.33 Å². The number of rotatable bonds is 7. The van der Waals surface area contributed by atoms with Crippen molar-refractivity contribution < 1.29 is 19.4 Å². The number of carbonyl (C=O) groups excluding carboxylic acids is 1. The molecule has 2 aromatic rings. The molecule has 0 aromatic heterocycles. The van der Waals surface area contributed by atoms with Gasteiger partial charge in [-0.15, -0.1) is 0 Å². The number of carboxylic acids is 1. The SMILES string of the molecule is CC(Cl)(Cl)C(OC(=O)Cc1ccccc1Nc1c(Cl)cccc1Cl)C(=O)O. The van der Waals surface area contributed by atoms with Crippen LogP contribution < -0.4 is 5.32 Å². The van der Waals surface area contributed by atoms with E-state index in [1.54, 1.807) is 42.5 Å². The number of carboxylic acid groups (broad SMARTS) is 1. The van der Waals surface area contributed by atoms with Gasteiger partial charge >= 0.3 is 11.9 Å². The molecular weight excluding hydrogens is 436 g/mol. The summed E-state index contributed by atoms with van der Waals surface area (Å²) in [6, 6.07) is 12.0. The highest BCUT2D eigenvalue weighted by atomic mass is 35.5. The summed E-state index contributed by atoms with van der Waals surface area (Å²) >= 11 is 23.9. The van der Waals surface area contributed by atoms with E-state index in [0.717, 1.165) is 0 Å². The molecule has 144 valence electrons. The molecule has 0 aliphatic heterocycles. The van der Waals surface area contributed by atoms with Gasteiger partial charge < -0.3 is 15.2 Å². The number of aliphatic carboxylic acids is 1. The molecule has 0 aliphatic rings. The zero-order valence-corrected chi connectivity index (χ0v) is 17.0. The van der Waals surface area contributed by atoms with E-state index >= 15 is 0 Å². The lowest BCUT2D eigenvalue weighted by Gasteiger charge is -2.22. The molecule has 2 N–H and O–H groups in total. The monoisotopic (exact) mass is 449 g/mol. The Hall–Kier alpha value is -1.66. The van der Waals surface area contributed by atoms with Gasteiger partial charge in [-0.2, -0.15) is 0 Å². The van der Waals surface area contributed by atoms with Crippen LogP contribution >= 0.6 is 46.4 Å². The van der Waals surface area contributed by atoms with Crippen LogP contribution in [0.3, 0.4) is 0 Å². The number of anilines is 2. The van der Waals surface area contributed by atoms with Crippen LogP contribution in [0.4, 0.5) is 11.4 Å². The normalized spacial score (nSPS) is 12.3. The number of para-hydroxylation sites is 2. The van der Waals surface area contributed by atoms with Crippen molar-refractivity contribution in [3.05, 3.63) is 58.1 Å². The van der Waals surface area contributed by atoms with Gasteiger partial charge in [0, 0.05) is 5.69 Å². The summed E-state index contributed by atoms with van der Waals surface area (Å²) in [5, 5.41) is 13.0. The molecule has 0 saturated heterocycles. The minimum absolute atomic E-state index is 0.209. The Morgan fingerprint density at radius 1 is 1.11 bits per heavy atom. The molecule has 0 saturated carbocycles. The van der Waals surface area contributed by atoms with Crippen molar-refractivity contribution in [2.24, 2.45) is 0 Å². The van der Waals surface area contributed by atoms with Crippen molar-refractivity contribution in [1.82, 2.24) is 0 Å². The fourth-order valence-corrected chi connectivity index (χ4v) is 3.02. The summed E-state index contributed by atoms with van der Waals surface area (Å²) in [5.41, 5.74) is 1.60. The number of alkyl halides is 2. The van der Waals surface area contributed by atoms with Gasteiger partial charge in [-0.25, -0.2) is 4.79 Å². The second-order valence-electron chi connectivity index (χ2n) is 5.72. The van der Waals surface area contributed by atoms with E-state index in [1.807, 2.05) is 0 Å². The summed E-state index contributed by atoms with van der Waals surface area (Å²) < 4.78 is 3.18. The van der Waals surface area contributed by atoms with Crippen LogP contribution in [0.5, 0.6) is 0 Å². The van der Waals surface area contributed by atoms with E-state index in [1.165, 1.54) is 6.92 Å². The number of ether oxygens (including phenoxy) is 1. The van der Waals surface area contributed by atoms with Gasteiger partial charge in [0.2, 0.25) is 6.10 Å². The molecule has 0 heterocycles. The first kappa shape index (κ1) is 21.6. The maximum absolute atomic E-state index is 12.2. The van der Waals surface area contributed by atoms with Crippen LogP contribution in [-0.4, -0.2) is 27.5 Å². The smallest absolute Gasteiger partial charge is 0.348 e. The number of hydrogen-bond donors (Lipinski definition) is 2. The number of halogens is 4. The number of benzene rings is 2. The molecule has 9 heteroatoms. The van der Waals surface area contributed by atoms with Crippen LogP contribution in [0.2, 0.25) is 10.0 Å². The highest BCUT2D eigenvalue weighted by Gasteiger charge is 2.39. The topological polar surface area (TPSA) is 75.6 Å². The second kappa shape index (κ2) is 9.02. The maximum atomic E-state index is 12.2. The molecule has 0 spiro atoms. The fourth-order valence-electron chi connectivity index (χ4n) is 2.25. The van der Waals surface area contributed by atoms with Gasteiger partial charge in [-0.05, 0) is 30.7 Å². The van der Waals surface area contributed by atoms with Crippen molar-refractivity contribution in [3.8, 4) is 0 Å². The highest BCUT2D eigenvalue weighted by Crippen LogP contribution is 2.34. The van der Waals surface area contributed by atoms with Crippen LogP contribution in [0.1, 0.15) is 12.5 Å². The van der Waals surface area contributed by atoms with E-state index in [-0.39, 0.29) is 6.42 Å². The standard InChI is InChI=1S/C18H15Cl4NO4/c1-18(21,22)16(17(25)26)27-14(24)9-10-5-2-3-8-13(10)23-15-11(19)6-4-7-12(15)20/h2-8,16,23H,9H2,1H3,(H,25,26). The van der Waals surface area contributed by atoms with Gasteiger partial charge in [0.1, 0.15) is 0 Å². The fraction of sp³-hybridized carbons (Fsp3) is 0.222. The van der Waals surface area contributed by atoms with Crippen molar-refractivity contribution in [2.75, 3.05) is 5.32 Å². The van der Waals surface area contributed by atoms with E-state index in [0.29, 0.717) is 27.0 Å². The largest absolute Gasteiger partial charge is 0.478 e. The predicted octanol–water partition coefficient (Wildman–Crippen LogP) is 5.47. The molecule has 2 rings (SSSR count). The van der Waals surface area contributed by atoms with Gasteiger partial charge in [-0.3, -0.25) is 4.79 Å². The molecular formula is C18H15Cl4NO4. The molecule has 1 atom stereocenters. The Bertz CT molecular complexity index is 831. The van der Waals surface area contributed by atoms with Crippen molar-refractivity contribution in [3.63, 3.8) is 0 Å². The first-order chi connectivity index (χ1) is 12.6.